The number of anilines is 1. The average Bonchev–Trinajstić information content (AvgIpc) is 2.77. The van der Waals surface area contributed by atoms with Crippen LogP contribution in [0.15, 0.2) is 0 Å². The highest BCUT2D eigenvalue weighted by Gasteiger charge is 2.71. The number of nitrogens with zero attached hydrogens (tertiary/aromatic N) is 2. The van der Waals surface area contributed by atoms with Gasteiger partial charge in [0, 0.05) is 31.4 Å². The zero-order chi connectivity index (χ0) is 19.4. The fourth-order valence-corrected chi connectivity index (χ4v) is 4.34. The maximum atomic E-state index is 13.5. The van der Waals surface area contributed by atoms with E-state index in [1.807, 2.05) is 0 Å². The van der Waals surface area contributed by atoms with Gasteiger partial charge in [0.25, 0.3) is 0 Å². The fourth-order valence-electron chi connectivity index (χ4n) is 4.34. The van der Waals surface area contributed by atoms with Crippen LogP contribution in [0.1, 0.15) is 68.5 Å². The molecule has 0 aliphatic heterocycles. The molecule has 1 N–H and O–H groups in total. The maximum Gasteiger partial charge on any atom is 0.313 e. The first-order valence-corrected chi connectivity index (χ1v) is 9.80. The second-order valence-electron chi connectivity index (χ2n) is 8.44. The molecule has 0 unspecified atom stereocenters. The standard InChI is InChI=1S/C19H25F4N3O/c1-26-17(24-15(27)9-13-10-18(20,21)19(13,22)23)16(12-6-3-7-12)14(25-26)8-11-4-2-5-11/h11-13H,2-10H2,1H3,(H,24,27)/t13-/m1/s1. The summed E-state index contributed by atoms with van der Waals surface area (Å²) in [6, 6.07) is 0. The van der Waals surface area contributed by atoms with Crippen LogP contribution in [0.5, 0.6) is 0 Å². The van der Waals surface area contributed by atoms with Gasteiger partial charge in [0.05, 0.1) is 5.69 Å². The number of hydrogen-bond acceptors (Lipinski definition) is 2. The lowest BCUT2D eigenvalue weighted by Gasteiger charge is -2.43. The van der Waals surface area contributed by atoms with Crippen LogP contribution in [0, 0.1) is 11.8 Å². The van der Waals surface area contributed by atoms with Crippen molar-refractivity contribution in [1.29, 1.82) is 0 Å². The smallest absolute Gasteiger partial charge is 0.311 e. The van der Waals surface area contributed by atoms with Gasteiger partial charge in [0.15, 0.2) is 0 Å². The molecule has 0 radical (unpaired) electrons. The molecule has 8 heteroatoms. The molecule has 0 aromatic carbocycles. The number of halogens is 4. The van der Waals surface area contributed by atoms with E-state index < -0.39 is 36.5 Å². The van der Waals surface area contributed by atoms with Gasteiger partial charge >= 0.3 is 11.8 Å². The molecular weight excluding hydrogens is 362 g/mol. The number of carbonyl (C=O) groups excluding carboxylic acids is 1. The van der Waals surface area contributed by atoms with E-state index in [9.17, 15) is 22.4 Å². The summed E-state index contributed by atoms with van der Waals surface area (Å²) in [6.07, 6.45) is 6.12. The van der Waals surface area contributed by atoms with Crippen LogP contribution in [0.4, 0.5) is 23.4 Å². The molecule has 0 saturated heterocycles. The second-order valence-corrected chi connectivity index (χ2v) is 8.44. The summed E-state index contributed by atoms with van der Waals surface area (Å²) in [5.74, 6) is -8.86. The lowest BCUT2D eigenvalue weighted by atomic mass is 9.74. The molecule has 3 fully saturated rings. The van der Waals surface area contributed by atoms with Crippen molar-refractivity contribution in [3.63, 3.8) is 0 Å². The minimum Gasteiger partial charge on any atom is -0.311 e. The average molecular weight is 387 g/mol. The molecule has 1 atom stereocenters. The zero-order valence-corrected chi connectivity index (χ0v) is 15.4. The third-order valence-electron chi connectivity index (χ3n) is 6.57. The molecule has 27 heavy (non-hydrogen) atoms. The third kappa shape index (κ3) is 3.14. The Morgan fingerprint density at radius 2 is 1.85 bits per heavy atom. The number of rotatable bonds is 6. The number of amides is 1. The molecular formula is C19H25F4N3O. The van der Waals surface area contributed by atoms with Gasteiger partial charge in [0.1, 0.15) is 5.82 Å². The molecule has 1 aromatic heterocycles. The van der Waals surface area contributed by atoms with E-state index in [1.54, 1.807) is 11.7 Å². The van der Waals surface area contributed by atoms with Crippen LogP contribution in [-0.4, -0.2) is 27.5 Å². The number of hydrogen-bond donors (Lipinski definition) is 1. The highest BCUT2D eigenvalue weighted by Crippen LogP contribution is 2.56. The summed E-state index contributed by atoms with van der Waals surface area (Å²) in [5.41, 5.74) is 2.01. The molecule has 150 valence electrons. The molecule has 3 saturated carbocycles. The van der Waals surface area contributed by atoms with Crippen molar-refractivity contribution < 1.29 is 22.4 Å². The van der Waals surface area contributed by atoms with Crippen LogP contribution in [0.3, 0.4) is 0 Å². The fraction of sp³-hybridized carbons (Fsp3) is 0.789. The van der Waals surface area contributed by atoms with Crippen molar-refractivity contribution in [2.24, 2.45) is 18.9 Å². The molecule has 3 aliphatic rings. The highest BCUT2D eigenvalue weighted by atomic mass is 19.3. The van der Waals surface area contributed by atoms with Gasteiger partial charge < -0.3 is 5.32 Å². The Morgan fingerprint density at radius 1 is 1.19 bits per heavy atom. The van der Waals surface area contributed by atoms with Gasteiger partial charge in [-0.15, -0.1) is 0 Å². The molecule has 4 nitrogen and oxygen atoms in total. The number of alkyl halides is 4. The van der Waals surface area contributed by atoms with Gasteiger partial charge in [-0.25, -0.2) is 0 Å². The molecule has 3 aliphatic carbocycles. The van der Waals surface area contributed by atoms with E-state index in [1.165, 1.54) is 19.3 Å². The topological polar surface area (TPSA) is 46.9 Å². The summed E-state index contributed by atoms with van der Waals surface area (Å²) >= 11 is 0. The Hall–Kier alpha value is -1.60. The van der Waals surface area contributed by atoms with Crippen molar-refractivity contribution in [3.8, 4) is 0 Å². The summed E-state index contributed by atoms with van der Waals surface area (Å²) in [4.78, 5) is 12.3. The van der Waals surface area contributed by atoms with Crippen molar-refractivity contribution >= 4 is 11.7 Å². The Kier molecular flexibility index (Phi) is 4.50. The lowest BCUT2D eigenvalue weighted by molar-refractivity contribution is -0.313. The SMILES string of the molecule is Cn1nc(CC2CCC2)c(C2CCC2)c1NC(=O)C[C@@H]1CC(F)(F)C1(F)F. The number of aromatic nitrogens is 2. The second kappa shape index (κ2) is 6.48. The van der Waals surface area contributed by atoms with E-state index >= 15 is 0 Å². The first kappa shape index (κ1) is 18.7. The first-order valence-electron chi connectivity index (χ1n) is 9.80. The van der Waals surface area contributed by atoms with Crippen LogP contribution in [0.25, 0.3) is 0 Å². The van der Waals surface area contributed by atoms with E-state index in [4.69, 9.17) is 0 Å². The van der Waals surface area contributed by atoms with Gasteiger partial charge in [0.2, 0.25) is 5.91 Å². The van der Waals surface area contributed by atoms with E-state index in [0.717, 1.165) is 36.9 Å². The van der Waals surface area contributed by atoms with Gasteiger partial charge in [-0.1, -0.05) is 25.7 Å². The highest BCUT2D eigenvalue weighted by molar-refractivity contribution is 5.91. The minimum absolute atomic E-state index is 0.332. The largest absolute Gasteiger partial charge is 0.313 e. The lowest BCUT2D eigenvalue weighted by Crippen LogP contribution is -2.59. The predicted molar refractivity (Wildman–Crippen MR) is 92.1 cm³/mol. The van der Waals surface area contributed by atoms with Crippen LogP contribution >= 0.6 is 0 Å². The Labute approximate surface area is 155 Å². The van der Waals surface area contributed by atoms with E-state index in [-0.39, 0.29) is 0 Å². The van der Waals surface area contributed by atoms with Crippen LogP contribution in [0.2, 0.25) is 0 Å². The monoisotopic (exact) mass is 387 g/mol. The Morgan fingerprint density at radius 3 is 2.33 bits per heavy atom. The summed E-state index contributed by atoms with van der Waals surface area (Å²) < 4.78 is 54.6. The molecule has 0 bridgehead atoms. The van der Waals surface area contributed by atoms with Gasteiger partial charge in [-0.2, -0.15) is 22.7 Å². The zero-order valence-electron chi connectivity index (χ0n) is 15.4. The number of carbonyl (C=O) groups is 1. The van der Waals surface area contributed by atoms with E-state index in [2.05, 4.69) is 10.4 Å². The number of aryl methyl sites for hydroxylation is 1. The van der Waals surface area contributed by atoms with Crippen LogP contribution in [-0.2, 0) is 18.3 Å². The molecule has 0 spiro atoms. The van der Waals surface area contributed by atoms with Crippen molar-refractivity contribution in [2.45, 2.75) is 75.6 Å². The first-order chi connectivity index (χ1) is 12.7. The van der Waals surface area contributed by atoms with Crippen molar-refractivity contribution in [3.05, 3.63) is 11.3 Å². The van der Waals surface area contributed by atoms with E-state index in [0.29, 0.717) is 17.7 Å². The molecule has 1 heterocycles. The van der Waals surface area contributed by atoms with Crippen molar-refractivity contribution in [2.75, 3.05) is 5.32 Å². The normalized spacial score (nSPS) is 26.8. The quantitative estimate of drug-likeness (QED) is 0.723. The van der Waals surface area contributed by atoms with Gasteiger partial charge in [-0.05, 0) is 31.1 Å². The summed E-state index contributed by atoms with van der Waals surface area (Å²) in [6.45, 7) is 0. The molecule has 1 aromatic rings. The molecule has 4 rings (SSSR count). The minimum atomic E-state index is -4.11. The third-order valence-corrected chi connectivity index (χ3v) is 6.57. The molecule has 1 amide bonds. The Balaban J connectivity index is 1.48. The summed E-state index contributed by atoms with van der Waals surface area (Å²) in [7, 11) is 1.73. The van der Waals surface area contributed by atoms with Crippen molar-refractivity contribution in [1.82, 2.24) is 9.78 Å². The van der Waals surface area contributed by atoms with Crippen LogP contribution < -0.4 is 5.32 Å². The predicted octanol–water partition coefficient (Wildman–Crippen LogP) is 4.65. The number of nitrogens with one attached hydrogen (secondary N) is 1. The summed E-state index contributed by atoms with van der Waals surface area (Å²) in [5, 5.41) is 7.29. The Bertz CT molecular complexity index is 738. The van der Waals surface area contributed by atoms with Gasteiger partial charge in [-0.3, -0.25) is 9.48 Å². The maximum absolute atomic E-state index is 13.5.